The normalized spacial score (nSPS) is 14.3. The molecule has 9 aromatic rings. The molecule has 4 aliphatic rings. The van der Waals surface area contributed by atoms with Gasteiger partial charge in [-0.15, -0.1) is 34.0 Å². The molecular formula is C116H158Br2O4S3. The van der Waals surface area contributed by atoms with Crippen LogP contribution in [0.2, 0.25) is 0 Å². The van der Waals surface area contributed by atoms with Gasteiger partial charge < -0.3 is 18.9 Å². The average molecular weight is 1870 g/mol. The van der Waals surface area contributed by atoms with Crippen molar-refractivity contribution in [2.75, 3.05) is 26.4 Å². The Morgan fingerprint density at radius 3 is 0.664 bits per heavy atom. The highest BCUT2D eigenvalue weighted by atomic mass is 79.9. The second kappa shape index (κ2) is 49.7. The zero-order valence-electron chi connectivity index (χ0n) is 78.9. The van der Waals surface area contributed by atoms with Crippen molar-refractivity contribution in [3.63, 3.8) is 0 Å². The lowest BCUT2D eigenvalue weighted by Crippen LogP contribution is -2.33. The largest absolute Gasteiger partial charge is 0.494 e. The molecule has 0 aliphatic heterocycles. The topological polar surface area (TPSA) is 36.9 Å². The number of thiophene rings is 3. The summed E-state index contributed by atoms with van der Waals surface area (Å²) in [7, 11) is 0. The molecule has 0 atom stereocenters. The van der Waals surface area contributed by atoms with E-state index in [1.165, 1.54) is 392 Å². The maximum atomic E-state index is 6.73. The van der Waals surface area contributed by atoms with Crippen molar-refractivity contribution >= 4 is 65.9 Å². The van der Waals surface area contributed by atoms with Crippen LogP contribution in [0.15, 0.2) is 141 Å². The van der Waals surface area contributed by atoms with Gasteiger partial charge >= 0.3 is 0 Å². The van der Waals surface area contributed by atoms with Gasteiger partial charge in [-0.2, -0.15) is 0 Å². The fourth-order valence-corrected chi connectivity index (χ4v) is 27.4. The number of ether oxygens (including phenoxy) is 4. The number of rotatable bonds is 64. The van der Waals surface area contributed by atoms with Crippen molar-refractivity contribution in [2.24, 2.45) is 0 Å². The number of benzene rings is 6. The first-order chi connectivity index (χ1) is 61.5. The van der Waals surface area contributed by atoms with Gasteiger partial charge in [0.1, 0.15) is 23.0 Å². The Bertz CT molecular complexity index is 4240. The summed E-state index contributed by atoms with van der Waals surface area (Å²) < 4.78 is 29.3. The lowest BCUT2D eigenvalue weighted by atomic mass is 9.63. The molecule has 0 spiro atoms. The Morgan fingerprint density at radius 2 is 0.424 bits per heavy atom. The molecule has 3 heterocycles. The van der Waals surface area contributed by atoms with Crippen molar-refractivity contribution in [3.8, 4) is 64.8 Å². The third-order valence-corrected chi connectivity index (χ3v) is 33.9. The van der Waals surface area contributed by atoms with Gasteiger partial charge in [-0.25, -0.2) is 0 Å². The van der Waals surface area contributed by atoms with E-state index in [0.717, 1.165) is 75.1 Å². The SMILES string of the molecule is CCCCCCCCOc1ccc(C2(c3ccc(OCCCCCCCC)cc3)c3cc4c(cc3-c3sc(Br)cc32)C(CCCCCCCC)(CCCCCCCC)c2c-4sc3c2C(CCCCCCCC)(CCCCCCCC)c2cc4c(cc2-3)C(c2ccc(OCCCCCCCC)cc2)(c2ccc(OCCCCCCCC)cc2)c2cc(Br)sc2-4)cc1. The lowest BCUT2D eigenvalue weighted by molar-refractivity contribution is 0.304. The third-order valence-electron chi connectivity index (χ3n) is 29.3. The minimum Gasteiger partial charge on any atom is -0.494 e. The lowest BCUT2D eigenvalue weighted by Gasteiger charge is -2.39. The van der Waals surface area contributed by atoms with Gasteiger partial charge in [0.05, 0.1) is 44.8 Å². The molecule has 0 unspecified atom stereocenters. The highest BCUT2D eigenvalue weighted by molar-refractivity contribution is 9.11. The summed E-state index contributed by atoms with van der Waals surface area (Å²) >= 11 is 14.7. The summed E-state index contributed by atoms with van der Waals surface area (Å²) in [5.41, 5.74) is 21.8. The first-order valence-electron chi connectivity index (χ1n) is 51.6. The molecule has 4 aliphatic carbocycles. The number of unbranched alkanes of at least 4 members (excludes halogenated alkanes) is 40. The Kier molecular flexibility index (Phi) is 38.6. The summed E-state index contributed by atoms with van der Waals surface area (Å²) in [4.78, 5) is 5.98. The Hall–Kier alpha value is -5.42. The summed E-state index contributed by atoms with van der Waals surface area (Å²) in [6.07, 6.45) is 65.3. The smallest absolute Gasteiger partial charge is 0.119 e. The molecule has 9 heteroatoms. The Labute approximate surface area is 788 Å². The zero-order chi connectivity index (χ0) is 87.1. The van der Waals surface area contributed by atoms with E-state index in [4.69, 9.17) is 18.9 Å². The summed E-state index contributed by atoms with van der Waals surface area (Å²) in [5, 5.41) is 0. The second-order valence-corrected chi connectivity index (χ2v) is 44.2. The molecular weight excluding hydrogens is 1710 g/mol. The number of fused-ring (bicyclic) bond motifs is 13. The van der Waals surface area contributed by atoms with Gasteiger partial charge in [0, 0.05) is 30.3 Å². The van der Waals surface area contributed by atoms with Crippen LogP contribution in [0, 0.1) is 0 Å². The minimum absolute atomic E-state index is 0.200. The number of hydrogen-bond donors (Lipinski definition) is 0. The molecule has 125 heavy (non-hydrogen) atoms. The molecule has 678 valence electrons. The van der Waals surface area contributed by atoms with Crippen molar-refractivity contribution in [1.82, 2.24) is 0 Å². The fourth-order valence-electron chi connectivity index (χ4n) is 22.5. The van der Waals surface area contributed by atoms with Crippen molar-refractivity contribution in [3.05, 3.63) is 208 Å². The average Bonchev–Trinajstić information content (AvgIpc) is 1.49. The summed E-state index contributed by atoms with van der Waals surface area (Å²) in [6.45, 7) is 21.8. The summed E-state index contributed by atoms with van der Waals surface area (Å²) in [5.74, 6) is 3.84. The molecule has 0 N–H and O–H groups in total. The molecule has 0 saturated carbocycles. The number of halogens is 2. The third kappa shape index (κ3) is 22.7. The van der Waals surface area contributed by atoms with Crippen LogP contribution in [-0.4, -0.2) is 26.4 Å². The molecule has 0 fully saturated rings. The molecule has 0 amide bonds. The second-order valence-electron chi connectivity index (χ2n) is 38.3. The van der Waals surface area contributed by atoms with E-state index in [-0.39, 0.29) is 10.8 Å². The highest BCUT2D eigenvalue weighted by Crippen LogP contribution is 2.72. The quantitative estimate of drug-likeness (QED) is 0.0356. The fraction of sp³-hybridized carbons (Fsp3) is 0.586. The van der Waals surface area contributed by atoms with Gasteiger partial charge in [0.25, 0.3) is 0 Å². The molecule has 13 rings (SSSR count). The van der Waals surface area contributed by atoms with E-state index in [9.17, 15) is 0 Å². The van der Waals surface area contributed by atoms with Crippen LogP contribution in [0.1, 0.15) is 456 Å². The van der Waals surface area contributed by atoms with Crippen LogP contribution in [0.5, 0.6) is 23.0 Å². The van der Waals surface area contributed by atoms with Crippen molar-refractivity contribution in [1.29, 1.82) is 0 Å². The van der Waals surface area contributed by atoms with E-state index in [2.05, 4.69) is 232 Å². The first kappa shape index (κ1) is 97.1. The zero-order valence-corrected chi connectivity index (χ0v) is 84.5. The van der Waals surface area contributed by atoms with Crippen LogP contribution in [-0.2, 0) is 21.7 Å². The van der Waals surface area contributed by atoms with Crippen LogP contribution in [0.25, 0.3) is 41.8 Å². The van der Waals surface area contributed by atoms with Gasteiger partial charge in [0.2, 0.25) is 0 Å². The molecule has 4 nitrogen and oxygen atoms in total. The Morgan fingerprint density at radius 1 is 0.216 bits per heavy atom. The standard InChI is InChI=1S/C116H158Br2O4S3/c1-9-17-25-33-41-49-73-113(74-50-42-34-26-18-10-2)99-81-97-101(115(103-85-105(117)123-109(97)103,87-57-65-91(66-58-87)119-77-53-45-37-29-21-13-5)88-59-67-92(68-60-88)120-78-54-46-38-30-22-14-6)83-95(99)111-107(113)108-112(125-111)96-84-102-98(82-100(96)114(108,75-51-43-35-27-19-11-3)76-52-44-36-28-20-12-4)110-104(86-106(118)124-110)116(102,89-61-69-93(70-62-89)121-79-55-47-39-31-23-15-7)90-63-71-94(72-64-90)122-80-56-48-40-32-24-16-8/h57-72,81-86H,9-56,73-80H2,1-8H3. The minimum atomic E-state index is -0.636. The maximum absolute atomic E-state index is 6.73. The monoisotopic (exact) mass is 1870 g/mol. The van der Waals surface area contributed by atoms with E-state index in [1.54, 1.807) is 32.0 Å². The molecule has 3 aromatic heterocycles. The highest BCUT2D eigenvalue weighted by Gasteiger charge is 2.58. The van der Waals surface area contributed by atoms with Crippen LogP contribution < -0.4 is 18.9 Å². The van der Waals surface area contributed by atoms with Gasteiger partial charge in [0.15, 0.2) is 0 Å². The molecule has 0 bridgehead atoms. The predicted molar refractivity (Wildman–Crippen MR) is 550 cm³/mol. The van der Waals surface area contributed by atoms with E-state index in [1.807, 2.05) is 22.7 Å². The van der Waals surface area contributed by atoms with Gasteiger partial charge in [-0.3, -0.25) is 0 Å². The summed E-state index contributed by atoms with van der Waals surface area (Å²) in [6, 6.07) is 54.6. The Balaban J connectivity index is 1.05. The van der Waals surface area contributed by atoms with E-state index < -0.39 is 10.8 Å². The van der Waals surface area contributed by atoms with Crippen LogP contribution >= 0.6 is 65.9 Å². The number of hydrogen-bond acceptors (Lipinski definition) is 7. The van der Waals surface area contributed by atoms with E-state index >= 15 is 0 Å². The van der Waals surface area contributed by atoms with Gasteiger partial charge in [-0.05, 0) is 257 Å². The van der Waals surface area contributed by atoms with Crippen LogP contribution in [0.4, 0.5) is 0 Å². The predicted octanol–water partition coefficient (Wildman–Crippen LogP) is 38.6. The van der Waals surface area contributed by atoms with E-state index in [0.29, 0.717) is 0 Å². The molecule has 0 saturated heterocycles. The van der Waals surface area contributed by atoms with Crippen molar-refractivity contribution in [2.45, 2.75) is 411 Å². The van der Waals surface area contributed by atoms with Crippen LogP contribution in [0.3, 0.4) is 0 Å². The molecule has 0 radical (unpaired) electrons. The van der Waals surface area contributed by atoms with Gasteiger partial charge in [-0.1, -0.05) is 386 Å². The van der Waals surface area contributed by atoms with Crippen molar-refractivity contribution < 1.29 is 18.9 Å². The molecule has 6 aromatic carbocycles. The maximum Gasteiger partial charge on any atom is 0.119 e. The first-order valence-corrected chi connectivity index (χ1v) is 55.7.